The van der Waals surface area contributed by atoms with Crippen molar-refractivity contribution >= 4 is 5.69 Å². The van der Waals surface area contributed by atoms with E-state index >= 15 is 0 Å². The van der Waals surface area contributed by atoms with E-state index < -0.39 is 0 Å². The Balaban J connectivity index is 1.73. The molecule has 1 heterocycles. The van der Waals surface area contributed by atoms with E-state index in [1.54, 1.807) is 0 Å². The normalized spacial score (nSPS) is 14.3. The molecule has 1 saturated carbocycles. The molecule has 1 aliphatic carbocycles. The standard InChI is InChI=1S/C15H21N5O/c1-2-21-14-8-7-12(10-13(14)16)15-17-18-19-20(15)9-3-4-11-5-6-11/h7-8,10-11H,2-6,9,16H2,1H3. The van der Waals surface area contributed by atoms with E-state index in [2.05, 4.69) is 15.5 Å². The number of aryl methyl sites for hydroxylation is 1. The summed E-state index contributed by atoms with van der Waals surface area (Å²) in [6.45, 7) is 3.39. The molecule has 1 aromatic carbocycles. The minimum atomic E-state index is 0.600. The summed E-state index contributed by atoms with van der Waals surface area (Å²) in [6, 6.07) is 5.69. The summed E-state index contributed by atoms with van der Waals surface area (Å²) in [6.07, 6.45) is 5.16. The van der Waals surface area contributed by atoms with E-state index in [1.165, 1.54) is 19.3 Å². The quantitative estimate of drug-likeness (QED) is 0.792. The Morgan fingerprint density at radius 1 is 1.38 bits per heavy atom. The number of tetrazole rings is 1. The van der Waals surface area contributed by atoms with Gasteiger partial charge in [0, 0.05) is 12.1 Å². The van der Waals surface area contributed by atoms with Crippen LogP contribution in [0, 0.1) is 5.92 Å². The SMILES string of the molecule is CCOc1ccc(-c2nnnn2CCCC2CC2)cc1N. The van der Waals surface area contributed by atoms with Crippen LogP contribution in [0.1, 0.15) is 32.6 Å². The van der Waals surface area contributed by atoms with Crippen LogP contribution < -0.4 is 10.5 Å². The number of anilines is 1. The van der Waals surface area contributed by atoms with Crippen molar-refractivity contribution in [3.05, 3.63) is 18.2 Å². The highest BCUT2D eigenvalue weighted by molar-refractivity contribution is 5.66. The van der Waals surface area contributed by atoms with Gasteiger partial charge in [-0.05, 0) is 54.3 Å². The molecule has 0 atom stereocenters. The first kappa shape index (κ1) is 13.9. The first-order chi connectivity index (χ1) is 10.3. The summed E-state index contributed by atoms with van der Waals surface area (Å²) in [5.41, 5.74) is 7.55. The number of nitrogen functional groups attached to an aromatic ring is 1. The Morgan fingerprint density at radius 2 is 2.24 bits per heavy atom. The molecule has 21 heavy (non-hydrogen) atoms. The maximum Gasteiger partial charge on any atom is 0.182 e. The molecule has 0 amide bonds. The third-order valence-corrected chi connectivity index (χ3v) is 3.78. The number of hydrogen-bond donors (Lipinski definition) is 1. The van der Waals surface area contributed by atoms with Gasteiger partial charge < -0.3 is 10.5 Å². The van der Waals surface area contributed by atoms with E-state index in [0.717, 1.165) is 30.3 Å². The summed E-state index contributed by atoms with van der Waals surface area (Å²) >= 11 is 0. The predicted octanol–water partition coefficient (Wildman–Crippen LogP) is 2.51. The van der Waals surface area contributed by atoms with Crippen molar-refractivity contribution < 1.29 is 4.74 Å². The van der Waals surface area contributed by atoms with Gasteiger partial charge in [-0.1, -0.05) is 12.8 Å². The Labute approximate surface area is 124 Å². The Bertz CT molecular complexity index is 606. The minimum absolute atomic E-state index is 0.600. The monoisotopic (exact) mass is 287 g/mol. The van der Waals surface area contributed by atoms with Crippen LogP contribution in [0.3, 0.4) is 0 Å². The summed E-state index contributed by atoms with van der Waals surface area (Å²) < 4.78 is 7.31. The fourth-order valence-electron chi connectivity index (χ4n) is 2.47. The molecule has 0 saturated heterocycles. The number of hydrogen-bond acceptors (Lipinski definition) is 5. The van der Waals surface area contributed by atoms with Crippen molar-refractivity contribution in [2.24, 2.45) is 5.92 Å². The van der Waals surface area contributed by atoms with Gasteiger partial charge in [-0.15, -0.1) is 5.10 Å². The van der Waals surface area contributed by atoms with E-state index in [4.69, 9.17) is 10.5 Å². The number of ether oxygens (including phenoxy) is 1. The van der Waals surface area contributed by atoms with Gasteiger partial charge in [0.25, 0.3) is 0 Å². The van der Waals surface area contributed by atoms with E-state index in [-0.39, 0.29) is 0 Å². The highest BCUT2D eigenvalue weighted by Gasteiger charge is 2.20. The number of nitrogens with two attached hydrogens (primary N) is 1. The molecule has 0 radical (unpaired) electrons. The van der Waals surface area contributed by atoms with Gasteiger partial charge in [0.1, 0.15) is 5.75 Å². The zero-order valence-electron chi connectivity index (χ0n) is 12.3. The molecule has 1 aliphatic rings. The minimum Gasteiger partial charge on any atom is -0.492 e. The topological polar surface area (TPSA) is 78.9 Å². The van der Waals surface area contributed by atoms with Crippen LogP contribution in [0.15, 0.2) is 18.2 Å². The molecule has 0 spiro atoms. The molecular formula is C15H21N5O. The second-order valence-corrected chi connectivity index (χ2v) is 5.50. The average molecular weight is 287 g/mol. The fourth-order valence-corrected chi connectivity index (χ4v) is 2.47. The zero-order valence-corrected chi connectivity index (χ0v) is 12.3. The summed E-state index contributed by atoms with van der Waals surface area (Å²) in [5.74, 6) is 2.40. The van der Waals surface area contributed by atoms with Crippen molar-refractivity contribution in [3.8, 4) is 17.1 Å². The van der Waals surface area contributed by atoms with Gasteiger partial charge >= 0.3 is 0 Å². The number of nitrogens with zero attached hydrogens (tertiary/aromatic N) is 4. The van der Waals surface area contributed by atoms with Gasteiger partial charge in [-0.25, -0.2) is 4.68 Å². The second kappa shape index (κ2) is 6.11. The lowest BCUT2D eigenvalue weighted by atomic mass is 10.1. The largest absolute Gasteiger partial charge is 0.492 e. The molecule has 2 aromatic rings. The first-order valence-corrected chi connectivity index (χ1v) is 7.56. The second-order valence-electron chi connectivity index (χ2n) is 5.50. The molecule has 1 fully saturated rings. The predicted molar refractivity (Wildman–Crippen MR) is 80.8 cm³/mol. The molecular weight excluding hydrogens is 266 g/mol. The lowest BCUT2D eigenvalue weighted by Gasteiger charge is -2.09. The molecule has 2 N–H and O–H groups in total. The number of aromatic nitrogens is 4. The zero-order chi connectivity index (χ0) is 14.7. The van der Waals surface area contributed by atoms with Gasteiger partial charge in [0.05, 0.1) is 12.3 Å². The average Bonchev–Trinajstić information content (AvgIpc) is 3.18. The first-order valence-electron chi connectivity index (χ1n) is 7.56. The highest BCUT2D eigenvalue weighted by atomic mass is 16.5. The summed E-state index contributed by atoms with van der Waals surface area (Å²) in [5, 5.41) is 12.0. The summed E-state index contributed by atoms with van der Waals surface area (Å²) in [7, 11) is 0. The third kappa shape index (κ3) is 3.32. The van der Waals surface area contributed by atoms with Crippen LogP contribution in [-0.2, 0) is 6.54 Å². The lowest BCUT2D eigenvalue weighted by molar-refractivity contribution is 0.342. The van der Waals surface area contributed by atoms with Gasteiger partial charge in [-0.3, -0.25) is 0 Å². The van der Waals surface area contributed by atoms with Crippen molar-refractivity contribution in [1.29, 1.82) is 0 Å². The van der Waals surface area contributed by atoms with Crippen molar-refractivity contribution in [2.45, 2.75) is 39.2 Å². The van der Waals surface area contributed by atoms with Gasteiger partial charge in [-0.2, -0.15) is 0 Å². The van der Waals surface area contributed by atoms with Crippen molar-refractivity contribution in [2.75, 3.05) is 12.3 Å². The molecule has 0 aliphatic heterocycles. The van der Waals surface area contributed by atoms with Crippen LogP contribution in [0.5, 0.6) is 5.75 Å². The Morgan fingerprint density at radius 3 is 2.95 bits per heavy atom. The molecule has 3 rings (SSSR count). The van der Waals surface area contributed by atoms with E-state index in [0.29, 0.717) is 18.0 Å². The highest BCUT2D eigenvalue weighted by Crippen LogP contribution is 2.33. The van der Waals surface area contributed by atoms with Crippen LogP contribution in [-0.4, -0.2) is 26.8 Å². The van der Waals surface area contributed by atoms with Crippen molar-refractivity contribution in [1.82, 2.24) is 20.2 Å². The van der Waals surface area contributed by atoms with E-state index in [1.807, 2.05) is 29.8 Å². The molecule has 1 aromatic heterocycles. The number of rotatable bonds is 7. The molecule has 112 valence electrons. The van der Waals surface area contributed by atoms with Crippen LogP contribution in [0.25, 0.3) is 11.4 Å². The molecule has 6 heteroatoms. The maximum atomic E-state index is 6.01. The maximum absolute atomic E-state index is 6.01. The lowest BCUT2D eigenvalue weighted by Crippen LogP contribution is -2.04. The number of benzene rings is 1. The molecule has 0 unspecified atom stereocenters. The summed E-state index contributed by atoms with van der Waals surface area (Å²) in [4.78, 5) is 0. The van der Waals surface area contributed by atoms with E-state index in [9.17, 15) is 0 Å². The molecule has 6 nitrogen and oxygen atoms in total. The Kier molecular flexibility index (Phi) is 4.03. The van der Waals surface area contributed by atoms with Gasteiger partial charge in [0.15, 0.2) is 5.82 Å². The van der Waals surface area contributed by atoms with Crippen LogP contribution >= 0.6 is 0 Å². The smallest absolute Gasteiger partial charge is 0.182 e. The Hall–Kier alpha value is -2.11. The van der Waals surface area contributed by atoms with Crippen LogP contribution in [0.4, 0.5) is 5.69 Å². The van der Waals surface area contributed by atoms with Crippen molar-refractivity contribution in [3.63, 3.8) is 0 Å². The van der Waals surface area contributed by atoms with Crippen LogP contribution in [0.2, 0.25) is 0 Å². The van der Waals surface area contributed by atoms with Gasteiger partial charge in [0.2, 0.25) is 0 Å². The fraction of sp³-hybridized carbons (Fsp3) is 0.533. The third-order valence-electron chi connectivity index (χ3n) is 3.78. The molecule has 0 bridgehead atoms.